The van der Waals surface area contributed by atoms with Crippen LogP contribution in [0, 0.1) is 0 Å². The first-order valence-corrected chi connectivity index (χ1v) is 4.52. The SMILES string of the molecule is C=C1N=NN(C(C)OC(=O)OC)N1CC. The Hall–Kier alpha value is -1.79. The summed E-state index contributed by atoms with van der Waals surface area (Å²) in [5.74, 6) is 0.512. The minimum Gasteiger partial charge on any atom is -0.438 e. The molecular formula is C8H14N4O3. The van der Waals surface area contributed by atoms with E-state index in [2.05, 4.69) is 21.7 Å². The van der Waals surface area contributed by atoms with E-state index in [-0.39, 0.29) is 0 Å². The van der Waals surface area contributed by atoms with Crippen LogP contribution in [0.4, 0.5) is 4.79 Å². The van der Waals surface area contributed by atoms with E-state index in [4.69, 9.17) is 4.74 Å². The van der Waals surface area contributed by atoms with Crippen LogP contribution in [0.2, 0.25) is 0 Å². The van der Waals surface area contributed by atoms with Crippen molar-refractivity contribution in [3.63, 3.8) is 0 Å². The Bertz CT molecular complexity index is 292. The Morgan fingerprint density at radius 3 is 2.87 bits per heavy atom. The highest BCUT2D eigenvalue weighted by Gasteiger charge is 2.27. The number of hydrazine groups is 1. The van der Waals surface area contributed by atoms with Crippen molar-refractivity contribution < 1.29 is 14.3 Å². The van der Waals surface area contributed by atoms with Crippen molar-refractivity contribution >= 4 is 6.16 Å². The third-order valence-corrected chi connectivity index (χ3v) is 1.86. The molecule has 7 heteroatoms. The molecule has 0 aromatic rings. The maximum atomic E-state index is 10.9. The summed E-state index contributed by atoms with van der Waals surface area (Å²) in [7, 11) is 1.25. The molecule has 1 rings (SSSR count). The Morgan fingerprint density at radius 1 is 1.67 bits per heavy atom. The van der Waals surface area contributed by atoms with Gasteiger partial charge in [-0.15, -0.1) is 10.2 Å². The smallest absolute Gasteiger partial charge is 0.438 e. The van der Waals surface area contributed by atoms with Gasteiger partial charge in [-0.3, -0.25) is 0 Å². The molecular weight excluding hydrogens is 200 g/mol. The van der Waals surface area contributed by atoms with Gasteiger partial charge in [0.1, 0.15) is 0 Å². The van der Waals surface area contributed by atoms with Gasteiger partial charge in [0.05, 0.1) is 7.11 Å². The van der Waals surface area contributed by atoms with Crippen LogP contribution in [0.3, 0.4) is 0 Å². The van der Waals surface area contributed by atoms with Gasteiger partial charge in [-0.25, -0.2) is 9.80 Å². The van der Waals surface area contributed by atoms with E-state index in [1.54, 1.807) is 11.9 Å². The number of ether oxygens (including phenoxy) is 2. The zero-order valence-corrected chi connectivity index (χ0v) is 9.01. The molecule has 0 saturated carbocycles. The molecule has 15 heavy (non-hydrogen) atoms. The molecule has 0 amide bonds. The van der Waals surface area contributed by atoms with Crippen molar-refractivity contribution in [3.8, 4) is 0 Å². The number of hydrogen-bond acceptors (Lipinski definition) is 7. The molecule has 84 valence electrons. The van der Waals surface area contributed by atoms with Crippen LogP contribution in [0.5, 0.6) is 0 Å². The maximum Gasteiger partial charge on any atom is 0.510 e. The average molecular weight is 214 g/mol. The number of rotatable bonds is 3. The van der Waals surface area contributed by atoms with Gasteiger partial charge in [0.15, 0.2) is 5.82 Å². The van der Waals surface area contributed by atoms with E-state index < -0.39 is 12.4 Å². The zero-order valence-electron chi connectivity index (χ0n) is 9.01. The molecule has 0 aromatic carbocycles. The van der Waals surface area contributed by atoms with Crippen LogP contribution in [-0.2, 0) is 9.47 Å². The fourth-order valence-electron chi connectivity index (χ4n) is 1.15. The van der Waals surface area contributed by atoms with Crippen LogP contribution in [0.1, 0.15) is 13.8 Å². The molecule has 0 fully saturated rings. The number of nitrogens with zero attached hydrogens (tertiary/aromatic N) is 4. The summed E-state index contributed by atoms with van der Waals surface area (Å²) in [5, 5.41) is 10.7. The van der Waals surface area contributed by atoms with Crippen LogP contribution in [0.15, 0.2) is 22.7 Å². The lowest BCUT2D eigenvalue weighted by Gasteiger charge is -2.29. The standard InChI is InChI=1S/C8H14N4O3/c1-5-11-6(2)9-10-12(11)7(3)15-8(13)14-4/h7H,2,5H2,1,3-4H3. The zero-order chi connectivity index (χ0) is 11.4. The van der Waals surface area contributed by atoms with Gasteiger partial charge in [-0.05, 0) is 19.1 Å². The molecule has 1 heterocycles. The van der Waals surface area contributed by atoms with Crippen molar-refractivity contribution in [2.45, 2.75) is 20.1 Å². The van der Waals surface area contributed by atoms with E-state index in [9.17, 15) is 4.79 Å². The van der Waals surface area contributed by atoms with Crippen molar-refractivity contribution in [3.05, 3.63) is 12.4 Å². The second-order valence-corrected chi connectivity index (χ2v) is 2.81. The molecule has 0 aromatic heterocycles. The van der Waals surface area contributed by atoms with Gasteiger partial charge in [0, 0.05) is 6.54 Å². The lowest BCUT2D eigenvalue weighted by atomic mass is 10.6. The number of carbonyl (C=O) groups is 1. The summed E-state index contributed by atoms with van der Waals surface area (Å²) < 4.78 is 9.27. The predicted octanol–water partition coefficient (Wildman–Crippen LogP) is 1.51. The Kier molecular flexibility index (Phi) is 3.48. The van der Waals surface area contributed by atoms with E-state index in [0.717, 1.165) is 0 Å². The number of hydrogen-bond donors (Lipinski definition) is 0. The largest absolute Gasteiger partial charge is 0.510 e. The van der Waals surface area contributed by atoms with Gasteiger partial charge in [0.25, 0.3) is 0 Å². The quantitative estimate of drug-likeness (QED) is 0.666. The van der Waals surface area contributed by atoms with Crippen LogP contribution >= 0.6 is 0 Å². The summed E-state index contributed by atoms with van der Waals surface area (Å²) >= 11 is 0. The van der Waals surface area contributed by atoms with Gasteiger partial charge in [0.2, 0.25) is 6.23 Å². The highest BCUT2D eigenvalue weighted by molar-refractivity contribution is 5.59. The van der Waals surface area contributed by atoms with Crippen molar-refractivity contribution in [2.75, 3.05) is 13.7 Å². The van der Waals surface area contributed by atoms with Crippen LogP contribution in [0.25, 0.3) is 0 Å². The molecule has 0 N–H and O–H groups in total. The van der Waals surface area contributed by atoms with E-state index >= 15 is 0 Å². The molecule has 0 aliphatic carbocycles. The fourth-order valence-corrected chi connectivity index (χ4v) is 1.15. The maximum absolute atomic E-state index is 10.9. The molecule has 1 unspecified atom stereocenters. The molecule has 0 saturated heterocycles. The van der Waals surface area contributed by atoms with Crippen molar-refractivity contribution in [1.29, 1.82) is 0 Å². The Balaban J connectivity index is 2.59. The summed E-state index contributed by atoms with van der Waals surface area (Å²) in [6.07, 6.45) is -1.34. The summed E-state index contributed by atoms with van der Waals surface area (Å²) in [6.45, 7) is 7.91. The summed E-state index contributed by atoms with van der Waals surface area (Å²) in [6, 6.07) is 0. The Labute approximate surface area is 87.9 Å². The monoisotopic (exact) mass is 214 g/mol. The van der Waals surface area contributed by atoms with Crippen molar-refractivity contribution in [2.24, 2.45) is 10.3 Å². The Morgan fingerprint density at radius 2 is 2.33 bits per heavy atom. The lowest BCUT2D eigenvalue weighted by molar-refractivity contribution is -0.113. The summed E-state index contributed by atoms with van der Waals surface area (Å²) in [5.41, 5.74) is 0. The first-order valence-electron chi connectivity index (χ1n) is 4.52. The minimum atomic E-state index is -0.758. The van der Waals surface area contributed by atoms with E-state index in [0.29, 0.717) is 12.4 Å². The second kappa shape index (κ2) is 4.63. The van der Waals surface area contributed by atoms with Crippen LogP contribution < -0.4 is 0 Å². The topological polar surface area (TPSA) is 66.7 Å². The fraction of sp³-hybridized carbons (Fsp3) is 0.625. The highest BCUT2D eigenvalue weighted by atomic mass is 16.7. The third-order valence-electron chi connectivity index (χ3n) is 1.86. The number of carbonyl (C=O) groups excluding carboxylic acids is 1. The minimum absolute atomic E-state index is 0.512. The first-order chi connectivity index (χ1) is 7.10. The molecule has 0 bridgehead atoms. The van der Waals surface area contributed by atoms with Crippen LogP contribution in [-0.4, -0.2) is 36.2 Å². The summed E-state index contributed by atoms with van der Waals surface area (Å²) in [4.78, 5) is 10.9. The molecule has 1 aliphatic heterocycles. The second-order valence-electron chi connectivity index (χ2n) is 2.81. The van der Waals surface area contributed by atoms with E-state index in [1.807, 2.05) is 6.92 Å². The molecule has 1 atom stereocenters. The highest BCUT2D eigenvalue weighted by Crippen LogP contribution is 2.20. The number of methoxy groups -OCH3 is 1. The predicted molar refractivity (Wildman–Crippen MR) is 51.2 cm³/mol. The molecule has 0 radical (unpaired) electrons. The van der Waals surface area contributed by atoms with Gasteiger partial charge in [-0.1, -0.05) is 6.58 Å². The van der Waals surface area contributed by atoms with Gasteiger partial charge in [-0.2, -0.15) is 0 Å². The molecule has 1 aliphatic rings. The first kappa shape index (κ1) is 11.3. The average Bonchev–Trinajstić information content (AvgIpc) is 2.59. The van der Waals surface area contributed by atoms with Gasteiger partial charge >= 0.3 is 6.16 Å². The van der Waals surface area contributed by atoms with Crippen molar-refractivity contribution in [1.82, 2.24) is 10.1 Å². The van der Waals surface area contributed by atoms with Gasteiger partial charge < -0.3 is 9.47 Å². The third kappa shape index (κ3) is 2.36. The molecule has 0 spiro atoms. The lowest BCUT2D eigenvalue weighted by Crippen LogP contribution is -2.42. The molecule has 7 nitrogen and oxygen atoms in total. The normalized spacial score (nSPS) is 16.9. The van der Waals surface area contributed by atoms with E-state index in [1.165, 1.54) is 12.2 Å².